The van der Waals surface area contributed by atoms with Gasteiger partial charge in [-0.1, -0.05) is 19.8 Å². The van der Waals surface area contributed by atoms with E-state index < -0.39 is 0 Å². The summed E-state index contributed by atoms with van der Waals surface area (Å²) in [6, 6.07) is 0. The number of hydrogen-bond donors (Lipinski definition) is 1. The Bertz CT molecular complexity index is 301. The number of unbranched alkanes of at least 4 members (excludes halogenated alkanes) is 2. The normalized spacial score (nSPS) is 12.0. The molecule has 0 radical (unpaired) electrons. The number of aromatic nitrogens is 2. The van der Waals surface area contributed by atoms with Crippen LogP contribution in [0.1, 0.15) is 58.7 Å². The van der Waals surface area contributed by atoms with Crippen LogP contribution in [-0.4, -0.2) is 15.7 Å². The molecule has 0 fully saturated rings. The van der Waals surface area contributed by atoms with Crippen molar-refractivity contribution < 1.29 is 4.42 Å². The van der Waals surface area contributed by atoms with Crippen LogP contribution in [0.2, 0.25) is 0 Å². The zero-order valence-corrected chi connectivity index (χ0v) is 10.8. The van der Waals surface area contributed by atoms with Crippen LogP contribution in [-0.2, 0) is 13.0 Å². The van der Waals surface area contributed by atoms with Gasteiger partial charge in [0.1, 0.15) is 0 Å². The third-order valence-corrected chi connectivity index (χ3v) is 2.27. The van der Waals surface area contributed by atoms with E-state index in [0.29, 0.717) is 12.4 Å². The van der Waals surface area contributed by atoms with E-state index in [4.69, 9.17) is 4.42 Å². The Hall–Kier alpha value is -0.900. The Kier molecular flexibility index (Phi) is 4.93. The quantitative estimate of drug-likeness (QED) is 0.756. The predicted octanol–water partition coefficient (Wildman–Crippen LogP) is 2.69. The lowest BCUT2D eigenvalue weighted by molar-refractivity contribution is 0.369. The summed E-state index contributed by atoms with van der Waals surface area (Å²) < 4.78 is 5.54. The first-order valence-corrected chi connectivity index (χ1v) is 6.07. The second-order valence-corrected chi connectivity index (χ2v) is 5.15. The van der Waals surface area contributed by atoms with Crippen molar-refractivity contribution in [2.24, 2.45) is 0 Å². The number of rotatable bonds is 6. The van der Waals surface area contributed by atoms with Crippen molar-refractivity contribution in [1.82, 2.24) is 15.5 Å². The van der Waals surface area contributed by atoms with Gasteiger partial charge in [0.2, 0.25) is 11.8 Å². The van der Waals surface area contributed by atoms with Gasteiger partial charge in [0.25, 0.3) is 0 Å². The van der Waals surface area contributed by atoms with Gasteiger partial charge in [0.15, 0.2) is 0 Å². The molecule has 92 valence electrons. The molecule has 4 nitrogen and oxygen atoms in total. The largest absolute Gasteiger partial charge is 0.424 e. The molecule has 0 unspecified atom stereocenters. The van der Waals surface area contributed by atoms with Gasteiger partial charge in [-0.2, -0.15) is 0 Å². The van der Waals surface area contributed by atoms with Crippen molar-refractivity contribution in [3.05, 3.63) is 11.8 Å². The summed E-state index contributed by atoms with van der Waals surface area (Å²) in [5.74, 6) is 1.44. The van der Waals surface area contributed by atoms with Crippen LogP contribution >= 0.6 is 0 Å². The standard InChI is InChI=1S/C12H23N3O/c1-5-6-7-8-10-14-15-11(16-10)9-13-12(2,3)4/h13H,5-9H2,1-4H3. The number of nitrogens with zero attached hydrogens (tertiary/aromatic N) is 2. The Balaban J connectivity index is 2.33. The molecule has 1 aromatic rings. The smallest absolute Gasteiger partial charge is 0.230 e. The van der Waals surface area contributed by atoms with Gasteiger partial charge in [-0.05, 0) is 27.2 Å². The molecule has 0 spiro atoms. The fourth-order valence-corrected chi connectivity index (χ4v) is 1.33. The monoisotopic (exact) mass is 225 g/mol. The second kappa shape index (κ2) is 5.99. The van der Waals surface area contributed by atoms with Crippen molar-refractivity contribution in [2.45, 2.75) is 65.5 Å². The van der Waals surface area contributed by atoms with Gasteiger partial charge < -0.3 is 9.73 Å². The third-order valence-electron chi connectivity index (χ3n) is 2.27. The van der Waals surface area contributed by atoms with Crippen LogP contribution in [0.4, 0.5) is 0 Å². The van der Waals surface area contributed by atoms with Gasteiger partial charge in [0.05, 0.1) is 6.54 Å². The fraction of sp³-hybridized carbons (Fsp3) is 0.833. The maximum Gasteiger partial charge on any atom is 0.230 e. The molecule has 0 aliphatic carbocycles. The van der Waals surface area contributed by atoms with E-state index in [1.807, 2.05) is 0 Å². The topological polar surface area (TPSA) is 51.0 Å². The van der Waals surface area contributed by atoms with E-state index in [1.54, 1.807) is 0 Å². The average molecular weight is 225 g/mol. The van der Waals surface area contributed by atoms with E-state index in [0.717, 1.165) is 18.7 Å². The molecule has 0 saturated carbocycles. The fourth-order valence-electron chi connectivity index (χ4n) is 1.33. The van der Waals surface area contributed by atoms with Crippen molar-refractivity contribution in [3.63, 3.8) is 0 Å². The minimum atomic E-state index is 0.0802. The molecule has 16 heavy (non-hydrogen) atoms. The molecule has 4 heteroatoms. The van der Waals surface area contributed by atoms with E-state index >= 15 is 0 Å². The van der Waals surface area contributed by atoms with Crippen LogP contribution in [0.15, 0.2) is 4.42 Å². The molecule has 0 bridgehead atoms. The molecule has 1 N–H and O–H groups in total. The number of nitrogens with one attached hydrogen (secondary N) is 1. The second-order valence-electron chi connectivity index (χ2n) is 5.15. The van der Waals surface area contributed by atoms with Crippen LogP contribution < -0.4 is 5.32 Å². The zero-order chi connectivity index (χ0) is 12.0. The average Bonchev–Trinajstić information content (AvgIpc) is 2.62. The van der Waals surface area contributed by atoms with Crippen LogP contribution in [0.5, 0.6) is 0 Å². The molecule has 0 atom stereocenters. The molecule has 1 rings (SSSR count). The third kappa shape index (κ3) is 5.26. The molecule has 0 aliphatic rings. The maximum atomic E-state index is 5.54. The molecular formula is C12H23N3O. The Morgan fingerprint density at radius 1 is 1.12 bits per heavy atom. The van der Waals surface area contributed by atoms with Gasteiger partial charge in [0, 0.05) is 12.0 Å². The van der Waals surface area contributed by atoms with Crippen LogP contribution in [0.3, 0.4) is 0 Å². The highest BCUT2D eigenvalue weighted by atomic mass is 16.4. The summed E-state index contributed by atoms with van der Waals surface area (Å²) in [6.45, 7) is 9.18. The SMILES string of the molecule is CCCCCc1nnc(CNC(C)(C)C)o1. The van der Waals surface area contributed by atoms with Crippen LogP contribution in [0.25, 0.3) is 0 Å². The lowest BCUT2D eigenvalue weighted by Crippen LogP contribution is -2.35. The highest BCUT2D eigenvalue weighted by Gasteiger charge is 2.11. The summed E-state index contributed by atoms with van der Waals surface area (Å²) >= 11 is 0. The Morgan fingerprint density at radius 2 is 1.81 bits per heavy atom. The summed E-state index contributed by atoms with van der Waals surface area (Å²) in [6.07, 6.45) is 4.46. The van der Waals surface area contributed by atoms with Crippen molar-refractivity contribution in [1.29, 1.82) is 0 Å². The first-order chi connectivity index (χ1) is 7.51. The molecule has 0 saturated heterocycles. The lowest BCUT2D eigenvalue weighted by atomic mass is 10.1. The molecule has 1 aromatic heterocycles. The maximum absolute atomic E-state index is 5.54. The highest BCUT2D eigenvalue weighted by molar-refractivity contribution is 4.83. The summed E-state index contributed by atoms with van der Waals surface area (Å²) in [5.41, 5.74) is 0.0802. The van der Waals surface area contributed by atoms with Gasteiger partial charge in [-0.15, -0.1) is 10.2 Å². The molecular weight excluding hydrogens is 202 g/mol. The van der Waals surface area contributed by atoms with Gasteiger partial charge in [-0.3, -0.25) is 0 Å². The van der Waals surface area contributed by atoms with E-state index in [2.05, 4.69) is 43.2 Å². The number of hydrogen-bond acceptors (Lipinski definition) is 4. The van der Waals surface area contributed by atoms with Crippen LogP contribution in [0, 0.1) is 0 Å². The summed E-state index contributed by atoms with van der Waals surface area (Å²) in [4.78, 5) is 0. The van der Waals surface area contributed by atoms with Crippen molar-refractivity contribution in [2.75, 3.05) is 0 Å². The Labute approximate surface area is 97.8 Å². The highest BCUT2D eigenvalue weighted by Crippen LogP contribution is 2.07. The van der Waals surface area contributed by atoms with Crippen molar-refractivity contribution >= 4 is 0 Å². The molecule has 0 amide bonds. The Morgan fingerprint density at radius 3 is 2.44 bits per heavy atom. The van der Waals surface area contributed by atoms with E-state index in [9.17, 15) is 0 Å². The van der Waals surface area contributed by atoms with Gasteiger partial charge >= 0.3 is 0 Å². The number of aryl methyl sites for hydroxylation is 1. The van der Waals surface area contributed by atoms with Gasteiger partial charge in [-0.25, -0.2) is 0 Å². The first kappa shape index (κ1) is 13.2. The molecule has 0 aliphatic heterocycles. The minimum absolute atomic E-state index is 0.0802. The molecule has 0 aromatic carbocycles. The van der Waals surface area contributed by atoms with E-state index in [-0.39, 0.29) is 5.54 Å². The molecule has 1 heterocycles. The summed E-state index contributed by atoms with van der Waals surface area (Å²) in [7, 11) is 0. The zero-order valence-electron chi connectivity index (χ0n) is 10.8. The minimum Gasteiger partial charge on any atom is -0.424 e. The summed E-state index contributed by atoms with van der Waals surface area (Å²) in [5, 5.41) is 11.4. The van der Waals surface area contributed by atoms with Crippen molar-refractivity contribution in [3.8, 4) is 0 Å². The first-order valence-electron chi connectivity index (χ1n) is 6.07. The lowest BCUT2D eigenvalue weighted by Gasteiger charge is -2.18. The van der Waals surface area contributed by atoms with E-state index in [1.165, 1.54) is 12.8 Å². The predicted molar refractivity (Wildman–Crippen MR) is 64.1 cm³/mol.